The number of hydrogen-bond donors (Lipinski definition) is 2. The predicted octanol–water partition coefficient (Wildman–Crippen LogP) is 1.90. The van der Waals surface area contributed by atoms with Crippen molar-refractivity contribution in [2.24, 2.45) is 0 Å². The molecule has 146 valence electrons. The maximum absolute atomic E-state index is 12.2. The summed E-state index contributed by atoms with van der Waals surface area (Å²) in [7, 11) is 1.86. The fourth-order valence-electron chi connectivity index (χ4n) is 3.34. The first-order valence-corrected chi connectivity index (χ1v) is 8.91. The number of nitrogens with zero attached hydrogens (tertiary/aromatic N) is 2. The molecule has 1 aromatic rings. The van der Waals surface area contributed by atoms with Gasteiger partial charge >= 0.3 is 5.97 Å². The minimum absolute atomic E-state index is 0. The van der Waals surface area contributed by atoms with Gasteiger partial charge in [-0.2, -0.15) is 0 Å². The van der Waals surface area contributed by atoms with Crippen molar-refractivity contribution in [2.75, 3.05) is 33.2 Å². The molecule has 0 spiro atoms. The van der Waals surface area contributed by atoms with Crippen LogP contribution in [0.5, 0.6) is 0 Å². The number of aliphatic carboxylic acids is 1. The lowest BCUT2D eigenvalue weighted by molar-refractivity contribution is -0.138. The standard InChI is InChI=1S/C19H29N3O3.ClH/c1-15-6-3-4-7-16(15)12-20-18(23)13-22-10-5-8-17(9-11-22)21(2)14-19(24)25;/h3-4,6-7,17H,5,8-14H2,1-2H3,(H,20,23)(H,24,25);1H. The number of carbonyl (C=O) groups is 2. The average Bonchev–Trinajstić information content (AvgIpc) is 2.79. The molecule has 1 aliphatic heterocycles. The zero-order valence-corrected chi connectivity index (χ0v) is 16.4. The minimum Gasteiger partial charge on any atom is -0.480 e. The van der Waals surface area contributed by atoms with Gasteiger partial charge in [0.25, 0.3) is 0 Å². The second-order valence-electron chi connectivity index (χ2n) is 6.87. The Bertz CT molecular complexity index is 597. The molecule has 0 radical (unpaired) electrons. The van der Waals surface area contributed by atoms with Gasteiger partial charge in [-0.1, -0.05) is 24.3 Å². The fourth-order valence-corrected chi connectivity index (χ4v) is 3.34. The van der Waals surface area contributed by atoms with Crippen molar-refractivity contribution in [3.05, 3.63) is 35.4 Å². The van der Waals surface area contributed by atoms with Gasteiger partial charge in [0.2, 0.25) is 5.91 Å². The fraction of sp³-hybridized carbons (Fsp3) is 0.579. The van der Waals surface area contributed by atoms with Crippen LogP contribution in [0.2, 0.25) is 0 Å². The second kappa shape index (κ2) is 11.2. The number of amides is 1. The van der Waals surface area contributed by atoms with Crippen LogP contribution in [0.15, 0.2) is 24.3 Å². The van der Waals surface area contributed by atoms with Crippen molar-refractivity contribution in [1.29, 1.82) is 0 Å². The summed E-state index contributed by atoms with van der Waals surface area (Å²) in [6.07, 6.45) is 2.86. The Morgan fingerprint density at radius 3 is 2.69 bits per heavy atom. The molecule has 0 aromatic heterocycles. The van der Waals surface area contributed by atoms with Crippen LogP contribution < -0.4 is 5.32 Å². The highest BCUT2D eigenvalue weighted by molar-refractivity contribution is 5.85. The number of likely N-dealkylation sites (N-methyl/N-ethyl adjacent to an activating group) is 1. The summed E-state index contributed by atoms with van der Waals surface area (Å²) in [6, 6.07) is 8.33. The Kier molecular flexibility index (Phi) is 9.62. The third-order valence-corrected chi connectivity index (χ3v) is 4.90. The Hall–Kier alpha value is -1.63. The molecule has 1 aliphatic rings. The molecule has 2 rings (SSSR count). The van der Waals surface area contributed by atoms with E-state index < -0.39 is 5.97 Å². The van der Waals surface area contributed by atoms with E-state index in [1.54, 1.807) is 0 Å². The Labute approximate surface area is 162 Å². The number of likely N-dealkylation sites (tertiary alicyclic amines) is 1. The van der Waals surface area contributed by atoms with Gasteiger partial charge in [-0.25, -0.2) is 0 Å². The lowest BCUT2D eigenvalue weighted by atomic mass is 10.1. The van der Waals surface area contributed by atoms with Gasteiger partial charge in [0.15, 0.2) is 0 Å². The van der Waals surface area contributed by atoms with Crippen LogP contribution >= 0.6 is 12.4 Å². The Morgan fingerprint density at radius 2 is 2.00 bits per heavy atom. The van der Waals surface area contributed by atoms with Gasteiger partial charge in [0, 0.05) is 19.1 Å². The van der Waals surface area contributed by atoms with Gasteiger partial charge in [0.05, 0.1) is 13.1 Å². The van der Waals surface area contributed by atoms with E-state index >= 15 is 0 Å². The van der Waals surface area contributed by atoms with Crippen LogP contribution in [0.3, 0.4) is 0 Å². The number of rotatable bonds is 7. The number of carboxylic acids is 1. The van der Waals surface area contributed by atoms with Crippen molar-refractivity contribution < 1.29 is 14.7 Å². The third kappa shape index (κ3) is 7.32. The van der Waals surface area contributed by atoms with Gasteiger partial charge in [-0.3, -0.25) is 19.4 Å². The third-order valence-electron chi connectivity index (χ3n) is 4.90. The molecule has 6 nitrogen and oxygen atoms in total. The molecule has 2 N–H and O–H groups in total. The first-order chi connectivity index (χ1) is 12.0. The molecule has 1 heterocycles. The number of carbonyl (C=O) groups excluding carboxylic acids is 1. The summed E-state index contributed by atoms with van der Waals surface area (Å²) >= 11 is 0. The number of carboxylic acid groups (broad SMARTS) is 1. The Morgan fingerprint density at radius 1 is 1.27 bits per heavy atom. The molecule has 0 bridgehead atoms. The van der Waals surface area contributed by atoms with E-state index in [4.69, 9.17) is 5.11 Å². The highest BCUT2D eigenvalue weighted by atomic mass is 35.5. The van der Waals surface area contributed by atoms with E-state index in [-0.39, 0.29) is 30.9 Å². The van der Waals surface area contributed by atoms with Crippen LogP contribution in [0, 0.1) is 6.92 Å². The van der Waals surface area contributed by atoms with Crippen LogP contribution in [0.25, 0.3) is 0 Å². The summed E-state index contributed by atoms with van der Waals surface area (Å²) in [5, 5.41) is 11.9. The van der Waals surface area contributed by atoms with Crippen molar-refractivity contribution in [3.63, 3.8) is 0 Å². The van der Waals surface area contributed by atoms with Gasteiger partial charge < -0.3 is 10.4 Å². The van der Waals surface area contributed by atoms with E-state index in [2.05, 4.69) is 10.2 Å². The molecule has 1 fully saturated rings. The summed E-state index contributed by atoms with van der Waals surface area (Å²) < 4.78 is 0. The van der Waals surface area contributed by atoms with Crippen LogP contribution in [-0.4, -0.2) is 66.1 Å². The van der Waals surface area contributed by atoms with E-state index in [0.717, 1.165) is 37.9 Å². The molecule has 7 heteroatoms. The Balaban J connectivity index is 0.00000338. The van der Waals surface area contributed by atoms with E-state index in [1.807, 2.05) is 43.1 Å². The molecule has 1 amide bonds. The van der Waals surface area contributed by atoms with E-state index in [0.29, 0.717) is 13.1 Å². The summed E-state index contributed by atoms with van der Waals surface area (Å²) in [5.74, 6) is -0.750. The molecule has 26 heavy (non-hydrogen) atoms. The molecule has 1 aromatic carbocycles. The zero-order valence-electron chi connectivity index (χ0n) is 15.6. The number of aryl methyl sites for hydroxylation is 1. The largest absolute Gasteiger partial charge is 0.480 e. The zero-order chi connectivity index (χ0) is 18.2. The van der Waals surface area contributed by atoms with Crippen LogP contribution in [-0.2, 0) is 16.1 Å². The molecule has 1 unspecified atom stereocenters. The monoisotopic (exact) mass is 383 g/mol. The number of halogens is 1. The number of nitrogens with one attached hydrogen (secondary N) is 1. The lowest BCUT2D eigenvalue weighted by Gasteiger charge is -2.25. The molecule has 0 aliphatic carbocycles. The maximum atomic E-state index is 12.2. The maximum Gasteiger partial charge on any atom is 0.317 e. The van der Waals surface area contributed by atoms with Gasteiger partial charge in [-0.15, -0.1) is 12.4 Å². The van der Waals surface area contributed by atoms with Crippen molar-refractivity contribution >= 4 is 24.3 Å². The highest BCUT2D eigenvalue weighted by Gasteiger charge is 2.22. The van der Waals surface area contributed by atoms with E-state index in [9.17, 15) is 9.59 Å². The number of benzene rings is 1. The first kappa shape index (κ1) is 22.4. The van der Waals surface area contributed by atoms with Crippen LogP contribution in [0.1, 0.15) is 30.4 Å². The topological polar surface area (TPSA) is 72.9 Å². The molecule has 1 saturated heterocycles. The second-order valence-corrected chi connectivity index (χ2v) is 6.87. The molecular formula is C19H30ClN3O3. The summed E-state index contributed by atoms with van der Waals surface area (Å²) in [5.41, 5.74) is 2.32. The first-order valence-electron chi connectivity index (χ1n) is 8.91. The summed E-state index contributed by atoms with van der Waals surface area (Å²) in [4.78, 5) is 27.2. The lowest BCUT2D eigenvalue weighted by Crippen LogP contribution is -2.39. The summed E-state index contributed by atoms with van der Waals surface area (Å²) in [6.45, 7) is 4.79. The quantitative estimate of drug-likeness (QED) is 0.752. The normalized spacial score (nSPS) is 18.0. The molecular weight excluding hydrogens is 354 g/mol. The highest BCUT2D eigenvalue weighted by Crippen LogP contribution is 2.15. The molecule has 0 saturated carbocycles. The van der Waals surface area contributed by atoms with Gasteiger partial charge in [-0.05, 0) is 50.9 Å². The minimum atomic E-state index is -0.792. The van der Waals surface area contributed by atoms with Crippen molar-refractivity contribution in [3.8, 4) is 0 Å². The van der Waals surface area contributed by atoms with Crippen molar-refractivity contribution in [1.82, 2.24) is 15.1 Å². The smallest absolute Gasteiger partial charge is 0.317 e. The number of hydrogen-bond acceptors (Lipinski definition) is 4. The predicted molar refractivity (Wildman–Crippen MR) is 105 cm³/mol. The van der Waals surface area contributed by atoms with Crippen LogP contribution in [0.4, 0.5) is 0 Å². The van der Waals surface area contributed by atoms with Gasteiger partial charge in [0.1, 0.15) is 0 Å². The SMILES string of the molecule is Cc1ccccc1CNC(=O)CN1CCCC(N(C)CC(=O)O)CC1.Cl. The van der Waals surface area contributed by atoms with Crippen molar-refractivity contribution in [2.45, 2.75) is 38.8 Å². The molecule has 1 atom stereocenters. The van der Waals surface area contributed by atoms with E-state index in [1.165, 1.54) is 5.56 Å². The average molecular weight is 384 g/mol.